The number of piperidine rings is 1. The van der Waals surface area contributed by atoms with E-state index >= 15 is 0 Å². The van der Waals surface area contributed by atoms with Gasteiger partial charge in [-0.25, -0.2) is 4.79 Å². The largest absolute Gasteiger partial charge is 0.474 e. The summed E-state index contributed by atoms with van der Waals surface area (Å²) in [6.45, 7) is 5.48. The van der Waals surface area contributed by atoms with Crippen molar-refractivity contribution in [3.8, 4) is 0 Å². The van der Waals surface area contributed by atoms with Crippen LogP contribution < -0.4 is 0 Å². The smallest absolute Gasteiger partial charge is 0.394 e. The van der Waals surface area contributed by atoms with Gasteiger partial charge < -0.3 is 10.0 Å². The van der Waals surface area contributed by atoms with Crippen LogP contribution in [0.5, 0.6) is 0 Å². The zero-order valence-electron chi connectivity index (χ0n) is 8.75. The van der Waals surface area contributed by atoms with Crippen molar-refractivity contribution in [2.45, 2.75) is 33.1 Å². The summed E-state index contributed by atoms with van der Waals surface area (Å²) < 4.78 is 0. The van der Waals surface area contributed by atoms with E-state index in [9.17, 15) is 9.59 Å². The van der Waals surface area contributed by atoms with Gasteiger partial charge in [0.05, 0.1) is 0 Å². The molecule has 80 valence electrons. The maximum absolute atomic E-state index is 11.1. The van der Waals surface area contributed by atoms with Crippen LogP contribution in [-0.2, 0) is 9.59 Å². The minimum Gasteiger partial charge on any atom is -0.474 e. The van der Waals surface area contributed by atoms with E-state index in [0.717, 1.165) is 19.3 Å². The molecule has 4 heteroatoms. The minimum atomic E-state index is -1.34. The fourth-order valence-corrected chi connectivity index (χ4v) is 1.74. The molecule has 0 saturated carbocycles. The van der Waals surface area contributed by atoms with Crippen LogP contribution in [0.15, 0.2) is 0 Å². The van der Waals surface area contributed by atoms with E-state index in [1.807, 2.05) is 0 Å². The molecule has 0 radical (unpaired) electrons. The molecule has 1 fully saturated rings. The fourth-order valence-electron chi connectivity index (χ4n) is 1.74. The number of nitrogens with zero attached hydrogens (tertiary/aromatic N) is 1. The number of carbonyl (C=O) groups is 2. The number of hydrogen-bond acceptors (Lipinski definition) is 2. The Kier molecular flexibility index (Phi) is 3.13. The zero-order valence-corrected chi connectivity index (χ0v) is 8.75. The molecule has 0 aromatic carbocycles. The van der Waals surface area contributed by atoms with Crippen molar-refractivity contribution in [2.75, 3.05) is 13.1 Å². The number of likely N-dealkylation sites (tertiary alicyclic amines) is 1. The first-order chi connectivity index (χ1) is 6.48. The predicted molar refractivity (Wildman–Crippen MR) is 51.8 cm³/mol. The topological polar surface area (TPSA) is 57.6 Å². The number of rotatable bonds is 1. The molecule has 14 heavy (non-hydrogen) atoms. The zero-order chi connectivity index (χ0) is 10.8. The average Bonchev–Trinajstić information content (AvgIpc) is 2.18. The van der Waals surface area contributed by atoms with Crippen LogP contribution in [0.2, 0.25) is 0 Å². The SMILES string of the molecule is CCC1(C)CCN(C(=O)C(=O)O)CC1. The van der Waals surface area contributed by atoms with Gasteiger partial charge in [-0.15, -0.1) is 0 Å². The van der Waals surface area contributed by atoms with E-state index in [1.165, 1.54) is 4.90 Å². The first kappa shape index (κ1) is 11.0. The molecular weight excluding hydrogens is 182 g/mol. The van der Waals surface area contributed by atoms with Crippen molar-refractivity contribution < 1.29 is 14.7 Å². The molecular formula is C10H17NO3. The number of hydrogen-bond donors (Lipinski definition) is 1. The molecule has 1 rings (SSSR count). The number of carboxylic acids is 1. The Morgan fingerprint density at radius 2 is 1.86 bits per heavy atom. The Balaban J connectivity index is 2.51. The van der Waals surface area contributed by atoms with Crippen LogP contribution in [0.25, 0.3) is 0 Å². The van der Waals surface area contributed by atoms with Gasteiger partial charge in [0.25, 0.3) is 0 Å². The van der Waals surface area contributed by atoms with E-state index in [1.54, 1.807) is 0 Å². The maximum atomic E-state index is 11.1. The molecule has 1 aliphatic heterocycles. The Morgan fingerprint density at radius 3 is 2.21 bits per heavy atom. The van der Waals surface area contributed by atoms with Gasteiger partial charge in [-0.3, -0.25) is 4.79 Å². The third-order valence-corrected chi connectivity index (χ3v) is 3.29. The van der Waals surface area contributed by atoms with Crippen molar-refractivity contribution in [1.29, 1.82) is 0 Å². The first-order valence-corrected chi connectivity index (χ1v) is 5.01. The summed E-state index contributed by atoms with van der Waals surface area (Å²) in [4.78, 5) is 23.0. The van der Waals surface area contributed by atoms with Gasteiger partial charge >= 0.3 is 11.9 Å². The molecule has 1 saturated heterocycles. The van der Waals surface area contributed by atoms with Crippen molar-refractivity contribution in [2.24, 2.45) is 5.41 Å². The molecule has 0 spiro atoms. The lowest BCUT2D eigenvalue weighted by atomic mass is 9.78. The highest BCUT2D eigenvalue weighted by molar-refractivity contribution is 6.31. The highest BCUT2D eigenvalue weighted by Gasteiger charge is 2.32. The number of amides is 1. The van der Waals surface area contributed by atoms with E-state index in [-0.39, 0.29) is 5.41 Å². The van der Waals surface area contributed by atoms with E-state index in [0.29, 0.717) is 13.1 Å². The highest BCUT2D eigenvalue weighted by Crippen LogP contribution is 2.33. The molecule has 1 heterocycles. The summed E-state index contributed by atoms with van der Waals surface area (Å²) in [6.07, 6.45) is 2.90. The molecule has 1 amide bonds. The molecule has 1 aliphatic rings. The average molecular weight is 199 g/mol. The molecule has 0 atom stereocenters. The van der Waals surface area contributed by atoms with Gasteiger partial charge in [0.2, 0.25) is 0 Å². The van der Waals surface area contributed by atoms with Crippen LogP contribution in [-0.4, -0.2) is 35.0 Å². The van der Waals surface area contributed by atoms with E-state index in [2.05, 4.69) is 13.8 Å². The van der Waals surface area contributed by atoms with Crippen molar-refractivity contribution in [3.05, 3.63) is 0 Å². The van der Waals surface area contributed by atoms with Gasteiger partial charge in [0.1, 0.15) is 0 Å². The lowest BCUT2D eigenvalue weighted by Crippen LogP contribution is -2.44. The van der Waals surface area contributed by atoms with Crippen LogP contribution in [0.3, 0.4) is 0 Å². The Labute approximate surface area is 83.9 Å². The van der Waals surface area contributed by atoms with Crippen molar-refractivity contribution in [1.82, 2.24) is 4.90 Å². The number of aliphatic carboxylic acids is 1. The second-order valence-electron chi connectivity index (χ2n) is 4.26. The second-order valence-corrected chi connectivity index (χ2v) is 4.26. The molecule has 0 bridgehead atoms. The predicted octanol–water partition coefficient (Wildman–Crippen LogP) is 1.11. The Bertz CT molecular complexity index is 242. The highest BCUT2D eigenvalue weighted by atomic mass is 16.4. The summed E-state index contributed by atoms with van der Waals surface area (Å²) in [7, 11) is 0. The molecule has 4 nitrogen and oxygen atoms in total. The van der Waals surface area contributed by atoms with Crippen LogP contribution >= 0.6 is 0 Å². The van der Waals surface area contributed by atoms with Gasteiger partial charge in [-0.2, -0.15) is 0 Å². The third-order valence-electron chi connectivity index (χ3n) is 3.29. The van der Waals surface area contributed by atoms with Gasteiger partial charge in [-0.05, 0) is 18.3 Å². The van der Waals surface area contributed by atoms with Gasteiger partial charge in [0.15, 0.2) is 0 Å². The van der Waals surface area contributed by atoms with Gasteiger partial charge in [0, 0.05) is 13.1 Å². The number of carboxylic acid groups (broad SMARTS) is 1. The van der Waals surface area contributed by atoms with Crippen LogP contribution in [0.4, 0.5) is 0 Å². The third kappa shape index (κ3) is 2.25. The summed E-state index contributed by atoms with van der Waals surface area (Å²) in [5.41, 5.74) is 0.287. The molecule has 0 aliphatic carbocycles. The summed E-state index contributed by atoms with van der Waals surface area (Å²) in [5.74, 6) is -2.10. The Morgan fingerprint density at radius 1 is 1.36 bits per heavy atom. The lowest BCUT2D eigenvalue weighted by Gasteiger charge is -2.38. The monoisotopic (exact) mass is 199 g/mol. The Hall–Kier alpha value is -1.06. The van der Waals surface area contributed by atoms with E-state index in [4.69, 9.17) is 5.11 Å². The van der Waals surface area contributed by atoms with Crippen LogP contribution in [0, 0.1) is 5.41 Å². The normalized spacial score (nSPS) is 20.6. The molecule has 0 aromatic rings. The van der Waals surface area contributed by atoms with Crippen LogP contribution in [0.1, 0.15) is 33.1 Å². The lowest BCUT2D eigenvalue weighted by molar-refractivity contribution is -0.157. The maximum Gasteiger partial charge on any atom is 0.394 e. The standard InChI is InChI=1S/C10H17NO3/c1-3-10(2)4-6-11(7-5-10)8(12)9(13)14/h3-7H2,1-2H3,(H,13,14). The quantitative estimate of drug-likeness (QED) is 0.643. The summed E-state index contributed by atoms with van der Waals surface area (Å²) >= 11 is 0. The number of carbonyl (C=O) groups excluding carboxylic acids is 1. The molecule has 0 unspecified atom stereocenters. The summed E-state index contributed by atoms with van der Waals surface area (Å²) in [5, 5.41) is 8.53. The molecule has 0 aromatic heterocycles. The van der Waals surface area contributed by atoms with Gasteiger partial charge in [-0.1, -0.05) is 20.3 Å². The fraction of sp³-hybridized carbons (Fsp3) is 0.800. The van der Waals surface area contributed by atoms with Crippen molar-refractivity contribution >= 4 is 11.9 Å². The van der Waals surface area contributed by atoms with Crippen molar-refractivity contribution in [3.63, 3.8) is 0 Å². The summed E-state index contributed by atoms with van der Waals surface area (Å²) in [6, 6.07) is 0. The molecule has 1 N–H and O–H groups in total. The second kappa shape index (κ2) is 3.98. The van der Waals surface area contributed by atoms with E-state index < -0.39 is 11.9 Å². The minimum absolute atomic E-state index is 0.287. The first-order valence-electron chi connectivity index (χ1n) is 5.01.